The minimum Gasteiger partial charge on any atom is -0.465 e. The number of nitrogens with zero attached hydrogens (tertiary/aromatic N) is 2. The van der Waals surface area contributed by atoms with Crippen molar-refractivity contribution in [2.24, 2.45) is 0 Å². The van der Waals surface area contributed by atoms with Gasteiger partial charge in [0.1, 0.15) is 4.21 Å². The predicted octanol–water partition coefficient (Wildman–Crippen LogP) is 4.04. The molecule has 0 unspecified atom stereocenters. The molecule has 0 radical (unpaired) electrons. The van der Waals surface area contributed by atoms with Gasteiger partial charge < -0.3 is 9.26 Å². The molecule has 3 aromatic rings. The number of carbonyl (C=O) groups is 1. The number of benzene rings is 1. The number of nitrogens with one attached hydrogen (secondary N) is 1. The highest BCUT2D eigenvalue weighted by molar-refractivity contribution is 7.94. The number of methoxy groups -OCH3 is 1. The van der Waals surface area contributed by atoms with E-state index in [2.05, 4.69) is 19.6 Å². The van der Waals surface area contributed by atoms with Crippen molar-refractivity contribution in [2.75, 3.05) is 11.8 Å². The molecule has 2 heterocycles. The van der Waals surface area contributed by atoms with E-state index in [-0.39, 0.29) is 4.21 Å². The van der Waals surface area contributed by atoms with Crippen molar-refractivity contribution in [1.82, 2.24) is 10.1 Å². The van der Waals surface area contributed by atoms with E-state index >= 15 is 0 Å². The Bertz CT molecular complexity index is 1110. The maximum Gasteiger partial charge on any atom is 0.337 e. The number of ether oxygens (including phenoxy) is 1. The highest BCUT2D eigenvalue weighted by Crippen LogP contribution is 2.35. The Morgan fingerprint density at radius 2 is 1.97 bits per heavy atom. The van der Waals surface area contributed by atoms with Crippen LogP contribution in [0.4, 0.5) is 5.69 Å². The summed E-state index contributed by atoms with van der Waals surface area (Å²) in [5.74, 6) is 0.830. The number of hydrogen-bond donors (Lipinski definition) is 1. The molecule has 10 heteroatoms. The number of esters is 1. The van der Waals surface area contributed by atoms with Crippen molar-refractivity contribution >= 4 is 33.0 Å². The normalized spacial score (nSPS) is 14.8. The van der Waals surface area contributed by atoms with Crippen molar-refractivity contribution < 1.29 is 22.5 Å². The highest BCUT2D eigenvalue weighted by Gasteiger charge is 2.24. The molecule has 4 rings (SSSR count). The smallest absolute Gasteiger partial charge is 0.337 e. The zero-order chi connectivity index (χ0) is 20.4. The van der Waals surface area contributed by atoms with Gasteiger partial charge in [-0.3, -0.25) is 4.72 Å². The zero-order valence-electron chi connectivity index (χ0n) is 15.6. The summed E-state index contributed by atoms with van der Waals surface area (Å²) in [5, 5.41) is 5.70. The number of anilines is 1. The molecule has 0 aliphatic heterocycles. The van der Waals surface area contributed by atoms with Crippen LogP contribution in [-0.2, 0) is 14.8 Å². The highest BCUT2D eigenvalue weighted by atomic mass is 32.2. The lowest BCUT2D eigenvalue weighted by Crippen LogP contribution is -2.11. The van der Waals surface area contributed by atoms with Gasteiger partial charge in [-0.05, 0) is 43.2 Å². The predicted molar refractivity (Wildman–Crippen MR) is 107 cm³/mol. The van der Waals surface area contributed by atoms with Crippen LogP contribution in [0.2, 0.25) is 0 Å². The standard InChI is InChI=1S/C19H19N3O5S2/c1-26-19(23)13-6-8-15(9-7-13)22-29(24,25)16-10-14(11-28-16)17-20-18(27-21-17)12-4-2-3-5-12/h6-12,22H,2-5H2,1H3. The van der Waals surface area contributed by atoms with Gasteiger partial charge in [-0.2, -0.15) is 4.98 Å². The molecular weight excluding hydrogens is 414 g/mol. The van der Waals surface area contributed by atoms with Gasteiger partial charge in [-0.25, -0.2) is 13.2 Å². The summed E-state index contributed by atoms with van der Waals surface area (Å²) in [6.07, 6.45) is 4.41. The zero-order valence-corrected chi connectivity index (χ0v) is 17.3. The van der Waals surface area contributed by atoms with Crippen LogP contribution in [0.25, 0.3) is 11.4 Å². The van der Waals surface area contributed by atoms with Crippen LogP contribution in [0.1, 0.15) is 47.8 Å². The minimum absolute atomic E-state index is 0.136. The average Bonchev–Trinajstić information content (AvgIpc) is 3.48. The second-order valence-corrected chi connectivity index (χ2v) is 9.59. The molecular formula is C19H19N3O5S2. The molecule has 1 fully saturated rings. The van der Waals surface area contributed by atoms with Crippen molar-refractivity contribution in [3.63, 3.8) is 0 Å². The first-order valence-electron chi connectivity index (χ1n) is 9.10. The molecule has 1 aliphatic carbocycles. The van der Waals surface area contributed by atoms with Gasteiger partial charge in [0.25, 0.3) is 10.0 Å². The molecule has 29 heavy (non-hydrogen) atoms. The fourth-order valence-electron chi connectivity index (χ4n) is 3.26. The maximum atomic E-state index is 12.7. The van der Waals surface area contributed by atoms with E-state index in [1.54, 1.807) is 5.38 Å². The fraction of sp³-hybridized carbons (Fsp3) is 0.316. The number of aromatic nitrogens is 2. The Hall–Kier alpha value is -2.72. The topological polar surface area (TPSA) is 111 Å². The fourth-order valence-corrected chi connectivity index (χ4v) is 5.48. The monoisotopic (exact) mass is 433 g/mol. The third-order valence-electron chi connectivity index (χ3n) is 4.80. The quantitative estimate of drug-likeness (QED) is 0.584. The van der Waals surface area contributed by atoms with Crippen LogP contribution in [0, 0.1) is 0 Å². The molecule has 1 aromatic carbocycles. The van der Waals surface area contributed by atoms with E-state index in [0.29, 0.717) is 34.4 Å². The number of carbonyl (C=O) groups excluding carboxylic acids is 1. The Morgan fingerprint density at radius 3 is 2.66 bits per heavy atom. The van der Waals surface area contributed by atoms with Gasteiger partial charge in [0.05, 0.1) is 12.7 Å². The lowest BCUT2D eigenvalue weighted by atomic mass is 10.1. The van der Waals surface area contributed by atoms with Crippen molar-refractivity contribution in [2.45, 2.75) is 35.8 Å². The number of sulfonamides is 1. The van der Waals surface area contributed by atoms with Crippen molar-refractivity contribution in [3.05, 3.63) is 47.2 Å². The number of thiophene rings is 1. The molecule has 152 valence electrons. The second-order valence-electron chi connectivity index (χ2n) is 6.77. The molecule has 1 saturated carbocycles. The van der Waals surface area contributed by atoms with E-state index in [1.165, 1.54) is 37.4 Å². The summed E-state index contributed by atoms with van der Waals surface area (Å²) in [6.45, 7) is 0. The average molecular weight is 434 g/mol. The van der Waals surface area contributed by atoms with Crippen LogP contribution in [0.5, 0.6) is 0 Å². The molecule has 0 spiro atoms. The molecule has 0 saturated heterocycles. The van der Waals surface area contributed by atoms with E-state index in [4.69, 9.17) is 4.52 Å². The Balaban J connectivity index is 1.50. The number of hydrogen-bond acceptors (Lipinski definition) is 8. The number of rotatable bonds is 6. The second kappa shape index (κ2) is 7.96. The molecule has 2 aromatic heterocycles. The summed E-state index contributed by atoms with van der Waals surface area (Å²) in [5.41, 5.74) is 1.28. The minimum atomic E-state index is -3.78. The van der Waals surface area contributed by atoms with Crippen LogP contribution >= 0.6 is 11.3 Å². The Kier molecular flexibility index (Phi) is 5.37. The largest absolute Gasteiger partial charge is 0.465 e. The first-order valence-corrected chi connectivity index (χ1v) is 11.5. The van der Waals surface area contributed by atoms with E-state index in [0.717, 1.165) is 37.0 Å². The lowest BCUT2D eigenvalue weighted by molar-refractivity contribution is 0.0600. The van der Waals surface area contributed by atoms with Gasteiger partial charge in [-0.1, -0.05) is 18.0 Å². The molecule has 0 atom stereocenters. The van der Waals surface area contributed by atoms with Crippen LogP contribution < -0.4 is 4.72 Å². The van der Waals surface area contributed by atoms with E-state index in [1.807, 2.05) is 0 Å². The lowest BCUT2D eigenvalue weighted by Gasteiger charge is -2.06. The van der Waals surface area contributed by atoms with E-state index in [9.17, 15) is 13.2 Å². The van der Waals surface area contributed by atoms with Crippen molar-refractivity contribution in [1.29, 1.82) is 0 Å². The molecule has 1 aliphatic rings. The summed E-state index contributed by atoms with van der Waals surface area (Å²) in [6, 6.07) is 7.52. The summed E-state index contributed by atoms with van der Waals surface area (Å²) >= 11 is 1.08. The molecule has 8 nitrogen and oxygen atoms in total. The maximum absolute atomic E-state index is 12.7. The van der Waals surface area contributed by atoms with Gasteiger partial charge in [-0.15, -0.1) is 11.3 Å². The summed E-state index contributed by atoms with van der Waals surface area (Å²) in [4.78, 5) is 15.9. The molecule has 0 amide bonds. The Labute approximate surface area is 172 Å². The van der Waals surface area contributed by atoms with Crippen LogP contribution in [-0.4, -0.2) is 31.6 Å². The first kappa shape index (κ1) is 19.6. The SMILES string of the molecule is COC(=O)c1ccc(NS(=O)(=O)c2cc(-c3noc(C4CCCC4)n3)cs2)cc1. The van der Waals surface area contributed by atoms with Crippen LogP contribution in [0.15, 0.2) is 44.4 Å². The molecule has 0 bridgehead atoms. The molecule has 1 N–H and O–H groups in total. The summed E-state index contributed by atoms with van der Waals surface area (Å²) < 4.78 is 38.0. The van der Waals surface area contributed by atoms with Crippen molar-refractivity contribution in [3.8, 4) is 11.4 Å². The van der Waals surface area contributed by atoms with Crippen LogP contribution in [0.3, 0.4) is 0 Å². The first-order chi connectivity index (χ1) is 14.0. The van der Waals surface area contributed by atoms with E-state index < -0.39 is 16.0 Å². The van der Waals surface area contributed by atoms with Gasteiger partial charge in [0, 0.05) is 22.5 Å². The summed E-state index contributed by atoms with van der Waals surface area (Å²) in [7, 11) is -2.50. The third kappa shape index (κ3) is 4.18. The van der Waals surface area contributed by atoms with Gasteiger partial charge >= 0.3 is 5.97 Å². The van der Waals surface area contributed by atoms with Gasteiger partial charge in [0.15, 0.2) is 0 Å². The third-order valence-corrected chi connectivity index (χ3v) is 7.62. The Morgan fingerprint density at radius 1 is 1.24 bits per heavy atom. The van der Waals surface area contributed by atoms with Gasteiger partial charge in [0.2, 0.25) is 11.7 Å².